The molecule has 2 N–H and O–H groups in total. The minimum absolute atomic E-state index is 0.133. The zero-order valence-electron chi connectivity index (χ0n) is 10.6. The molecule has 0 bridgehead atoms. The summed E-state index contributed by atoms with van der Waals surface area (Å²) >= 11 is 11.9. The zero-order valence-corrected chi connectivity index (χ0v) is 12.1. The molecule has 0 saturated heterocycles. The number of hydrogen-bond donors (Lipinski definition) is 1. The first-order valence-electron chi connectivity index (χ1n) is 6.21. The number of amides is 1. The van der Waals surface area contributed by atoms with Gasteiger partial charge >= 0.3 is 0 Å². The fraction of sp³-hybridized carbons (Fsp3) is 0.133. The van der Waals surface area contributed by atoms with Crippen molar-refractivity contribution < 1.29 is 4.79 Å². The van der Waals surface area contributed by atoms with Crippen molar-refractivity contribution in [2.24, 2.45) is 0 Å². The summed E-state index contributed by atoms with van der Waals surface area (Å²) in [6.07, 6.45) is 0.806. The highest BCUT2D eigenvalue weighted by molar-refractivity contribution is 6.35. The van der Waals surface area contributed by atoms with Gasteiger partial charge in [0.2, 0.25) is 0 Å². The average molecular weight is 307 g/mol. The van der Waals surface area contributed by atoms with Gasteiger partial charge in [0.05, 0.1) is 11.4 Å². The quantitative estimate of drug-likeness (QED) is 0.815. The van der Waals surface area contributed by atoms with E-state index in [0.29, 0.717) is 27.8 Å². The summed E-state index contributed by atoms with van der Waals surface area (Å²) in [6.45, 7) is 0.618. The molecule has 3 nitrogen and oxygen atoms in total. The number of para-hydroxylation sites is 1. The number of fused-ring (bicyclic) bond motifs is 1. The van der Waals surface area contributed by atoms with E-state index in [1.165, 1.54) is 0 Å². The standard InChI is InChI=1S/C15H12Cl2N2O/c16-11-6-10(7-12(17)8-11)15(20)19-5-4-9-2-1-3-13(18)14(9)19/h1-3,6-8H,4-5,18H2. The van der Waals surface area contributed by atoms with E-state index in [2.05, 4.69) is 0 Å². The summed E-state index contributed by atoms with van der Waals surface area (Å²) in [5.74, 6) is -0.133. The summed E-state index contributed by atoms with van der Waals surface area (Å²) in [5, 5.41) is 0.891. The van der Waals surface area contributed by atoms with Gasteiger partial charge in [0.25, 0.3) is 5.91 Å². The Bertz CT molecular complexity index is 680. The highest BCUT2D eigenvalue weighted by Gasteiger charge is 2.27. The van der Waals surface area contributed by atoms with Gasteiger partial charge in [-0.1, -0.05) is 35.3 Å². The van der Waals surface area contributed by atoms with Crippen LogP contribution in [0, 0.1) is 0 Å². The third kappa shape index (κ3) is 2.23. The molecule has 2 aromatic carbocycles. The SMILES string of the molecule is Nc1cccc2c1N(C(=O)c1cc(Cl)cc(Cl)c1)CC2. The number of benzene rings is 2. The second kappa shape index (κ2) is 5.00. The van der Waals surface area contributed by atoms with E-state index < -0.39 is 0 Å². The molecule has 1 heterocycles. The van der Waals surface area contributed by atoms with Crippen molar-refractivity contribution in [1.29, 1.82) is 0 Å². The van der Waals surface area contributed by atoms with E-state index in [9.17, 15) is 4.79 Å². The van der Waals surface area contributed by atoms with Crippen molar-refractivity contribution in [3.8, 4) is 0 Å². The van der Waals surface area contributed by atoms with Gasteiger partial charge in [0, 0.05) is 22.2 Å². The molecule has 0 saturated carbocycles. The van der Waals surface area contributed by atoms with Crippen LogP contribution in [-0.2, 0) is 6.42 Å². The molecule has 1 aliphatic rings. The zero-order chi connectivity index (χ0) is 14.3. The monoisotopic (exact) mass is 306 g/mol. The molecule has 2 aromatic rings. The number of hydrogen-bond acceptors (Lipinski definition) is 2. The lowest BCUT2D eigenvalue weighted by molar-refractivity contribution is 0.0989. The normalized spacial score (nSPS) is 13.4. The van der Waals surface area contributed by atoms with Crippen LogP contribution in [0.1, 0.15) is 15.9 Å². The summed E-state index contributed by atoms with van der Waals surface area (Å²) in [4.78, 5) is 14.3. The van der Waals surface area contributed by atoms with E-state index in [1.807, 2.05) is 12.1 Å². The molecule has 0 atom stereocenters. The third-order valence-corrected chi connectivity index (χ3v) is 3.82. The molecule has 102 valence electrons. The minimum Gasteiger partial charge on any atom is -0.397 e. The van der Waals surface area contributed by atoms with Gasteiger partial charge in [0.15, 0.2) is 0 Å². The molecule has 0 fully saturated rings. The number of anilines is 2. The van der Waals surface area contributed by atoms with Gasteiger partial charge < -0.3 is 10.6 Å². The first kappa shape index (κ1) is 13.3. The summed E-state index contributed by atoms with van der Waals surface area (Å²) in [7, 11) is 0. The van der Waals surface area contributed by atoms with Crippen LogP contribution in [0.4, 0.5) is 11.4 Å². The highest BCUT2D eigenvalue weighted by atomic mass is 35.5. The topological polar surface area (TPSA) is 46.3 Å². The Hall–Kier alpha value is -1.71. The fourth-order valence-electron chi connectivity index (χ4n) is 2.52. The Morgan fingerprint density at radius 2 is 1.85 bits per heavy atom. The lowest BCUT2D eigenvalue weighted by Gasteiger charge is -2.19. The number of carbonyl (C=O) groups is 1. The van der Waals surface area contributed by atoms with E-state index in [-0.39, 0.29) is 5.91 Å². The van der Waals surface area contributed by atoms with Crippen molar-refractivity contribution in [2.75, 3.05) is 17.2 Å². The highest BCUT2D eigenvalue weighted by Crippen LogP contribution is 2.35. The lowest BCUT2D eigenvalue weighted by atomic mass is 10.1. The number of carbonyl (C=O) groups excluding carboxylic acids is 1. The number of nitrogens with zero attached hydrogens (tertiary/aromatic N) is 1. The number of nitrogens with two attached hydrogens (primary N) is 1. The van der Waals surface area contributed by atoms with Crippen LogP contribution in [0.2, 0.25) is 10.0 Å². The molecule has 0 aliphatic carbocycles. The van der Waals surface area contributed by atoms with Crippen molar-refractivity contribution in [1.82, 2.24) is 0 Å². The third-order valence-electron chi connectivity index (χ3n) is 3.38. The maximum atomic E-state index is 12.6. The Balaban J connectivity index is 2.02. The van der Waals surface area contributed by atoms with Gasteiger partial charge in [-0.25, -0.2) is 0 Å². The van der Waals surface area contributed by atoms with Crippen LogP contribution in [0.5, 0.6) is 0 Å². The molecule has 1 amide bonds. The second-order valence-electron chi connectivity index (χ2n) is 4.72. The first-order valence-corrected chi connectivity index (χ1v) is 6.97. The van der Waals surface area contributed by atoms with E-state index in [4.69, 9.17) is 28.9 Å². The van der Waals surface area contributed by atoms with Gasteiger partial charge in [-0.3, -0.25) is 4.79 Å². The van der Waals surface area contributed by atoms with Gasteiger partial charge in [0.1, 0.15) is 0 Å². The molecular formula is C15H12Cl2N2O. The van der Waals surface area contributed by atoms with E-state index >= 15 is 0 Å². The Morgan fingerprint density at radius 3 is 2.55 bits per heavy atom. The average Bonchev–Trinajstić information content (AvgIpc) is 2.82. The molecule has 0 unspecified atom stereocenters. The Labute approximate surface area is 126 Å². The van der Waals surface area contributed by atoms with Crippen LogP contribution < -0.4 is 10.6 Å². The van der Waals surface area contributed by atoms with Crippen LogP contribution in [-0.4, -0.2) is 12.5 Å². The predicted molar refractivity (Wildman–Crippen MR) is 82.7 cm³/mol. The Kier molecular flexibility index (Phi) is 3.32. The van der Waals surface area contributed by atoms with E-state index in [0.717, 1.165) is 17.7 Å². The van der Waals surface area contributed by atoms with Crippen molar-refractivity contribution in [3.05, 3.63) is 57.6 Å². The lowest BCUT2D eigenvalue weighted by Crippen LogP contribution is -2.29. The fourth-order valence-corrected chi connectivity index (χ4v) is 3.05. The maximum Gasteiger partial charge on any atom is 0.258 e. The number of rotatable bonds is 1. The van der Waals surface area contributed by atoms with E-state index in [1.54, 1.807) is 29.2 Å². The molecule has 5 heteroatoms. The summed E-state index contributed by atoms with van der Waals surface area (Å²) < 4.78 is 0. The van der Waals surface area contributed by atoms with Gasteiger partial charge in [-0.05, 0) is 36.2 Å². The second-order valence-corrected chi connectivity index (χ2v) is 5.59. The molecule has 1 aliphatic heterocycles. The maximum absolute atomic E-state index is 12.6. The summed E-state index contributed by atoms with van der Waals surface area (Å²) in [5.41, 5.74) is 8.96. The van der Waals surface area contributed by atoms with Crippen molar-refractivity contribution in [2.45, 2.75) is 6.42 Å². The molecular weight excluding hydrogens is 295 g/mol. The van der Waals surface area contributed by atoms with Crippen LogP contribution in [0.15, 0.2) is 36.4 Å². The first-order chi connectivity index (χ1) is 9.56. The number of halogens is 2. The molecule has 3 rings (SSSR count). The van der Waals surface area contributed by atoms with Gasteiger partial charge in [-0.15, -0.1) is 0 Å². The summed E-state index contributed by atoms with van der Waals surface area (Å²) in [6, 6.07) is 10.5. The Morgan fingerprint density at radius 1 is 1.15 bits per heavy atom. The number of nitrogen functional groups attached to an aromatic ring is 1. The van der Waals surface area contributed by atoms with Crippen LogP contribution in [0.3, 0.4) is 0 Å². The van der Waals surface area contributed by atoms with Crippen molar-refractivity contribution >= 4 is 40.5 Å². The van der Waals surface area contributed by atoms with Gasteiger partial charge in [-0.2, -0.15) is 0 Å². The molecule has 0 spiro atoms. The predicted octanol–water partition coefficient (Wildman–Crippen LogP) is 3.78. The van der Waals surface area contributed by atoms with Crippen LogP contribution >= 0.6 is 23.2 Å². The smallest absolute Gasteiger partial charge is 0.258 e. The van der Waals surface area contributed by atoms with Crippen molar-refractivity contribution in [3.63, 3.8) is 0 Å². The molecule has 0 aromatic heterocycles. The largest absolute Gasteiger partial charge is 0.397 e. The molecule has 0 radical (unpaired) electrons. The molecule has 20 heavy (non-hydrogen) atoms. The minimum atomic E-state index is -0.133. The van der Waals surface area contributed by atoms with Crippen LogP contribution in [0.25, 0.3) is 0 Å².